The third-order valence-corrected chi connectivity index (χ3v) is 0.526. The molecule has 42 valence electrons. The topological polar surface area (TPSA) is 49.3 Å². The van der Waals surface area contributed by atoms with E-state index in [0.29, 0.717) is 6.54 Å². The predicted molar refractivity (Wildman–Crippen MR) is 26.3 cm³/mol. The van der Waals surface area contributed by atoms with Gasteiger partial charge in [0.25, 0.3) is 0 Å². The van der Waals surface area contributed by atoms with Crippen molar-refractivity contribution < 1.29 is 9.90 Å². The second-order valence-electron chi connectivity index (χ2n) is 1.23. The molecule has 0 saturated heterocycles. The van der Waals surface area contributed by atoms with Crippen LogP contribution in [0.25, 0.3) is 0 Å². The summed E-state index contributed by atoms with van der Waals surface area (Å²) < 4.78 is 0. The maximum Gasteiger partial charge on any atom is 0.404 e. The maximum absolute atomic E-state index is 9.65. The first-order chi connectivity index (χ1) is 3.27. The molecule has 0 aliphatic carbocycles. The molecule has 0 rings (SSSR count). The fraction of sp³-hybridized carbons (Fsp3) is 0.750. The third-order valence-electron chi connectivity index (χ3n) is 0.526. The summed E-state index contributed by atoms with van der Waals surface area (Å²) in [6, 6.07) is 0. The van der Waals surface area contributed by atoms with E-state index >= 15 is 0 Å². The van der Waals surface area contributed by atoms with Gasteiger partial charge >= 0.3 is 6.09 Å². The van der Waals surface area contributed by atoms with Crippen molar-refractivity contribution in [1.29, 1.82) is 0 Å². The van der Waals surface area contributed by atoms with E-state index in [-0.39, 0.29) is 0 Å². The van der Waals surface area contributed by atoms with Crippen LogP contribution < -0.4 is 5.32 Å². The fourth-order valence-corrected chi connectivity index (χ4v) is 0.232. The highest BCUT2D eigenvalue weighted by atomic mass is 16.4. The standard InChI is InChI=1S/C4H9NO2/c1-2-3-5-4(6)7/h5H,2-3H2,1H3,(H,6,7). The van der Waals surface area contributed by atoms with Crippen molar-refractivity contribution in [2.45, 2.75) is 13.3 Å². The first-order valence-corrected chi connectivity index (χ1v) is 2.24. The zero-order valence-electron chi connectivity index (χ0n) is 4.27. The van der Waals surface area contributed by atoms with E-state index in [2.05, 4.69) is 5.32 Å². The number of carbonyl (C=O) groups is 1. The van der Waals surface area contributed by atoms with Crippen LogP contribution in [0.5, 0.6) is 0 Å². The van der Waals surface area contributed by atoms with Crippen LogP contribution in [-0.4, -0.2) is 17.7 Å². The molecule has 2 N–H and O–H groups in total. The largest absolute Gasteiger partial charge is 0.465 e. The van der Waals surface area contributed by atoms with Crippen LogP contribution in [0.3, 0.4) is 0 Å². The Labute approximate surface area is 42.3 Å². The Balaban J connectivity index is 2.82. The minimum atomic E-state index is -0.943. The quantitative estimate of drug-likeness (QED) is 0.539. The molecular weight excluding hydrogens is 94.0 g/mol. The normalized spacial score (nSPS) is 8.14. The van der Waals surface area contributed by atoms with E-state index in [0.717, 1.165) is 6.42 Å². The fourth-order valence-electron chi connectivity index (χ4n) is 0.232. The molecule has 0 aliphatic heterocycles. The molecule has 3 nitrogen and oxygen atoms in total. The lowest BCUT2D eigenvalue weighted by molar-refractivity contribution is 0.194. The van der Waals surface area contributed by atoms with E-state index in [1.807, 2.05) is 6.92 Å². The van der Waals surface area contributed by atoms with Gasteiger partial charge in [-0.25, -0.2) is 4.79 Å². The molecule has 0 spiro atoms. The Hall–Kier alpha value is -0.730. The molecule has 0 aromatic carbocycles. The van der Waals surface area contributed by atoms with Gasteiger partial charge in [-0.1, -0.05) is 6.92 Å². The van der Waals surface area contributed by atoms with Crippen LogP contribution >= 0.6 is 0 Å². The number of hydrogen-bond donors (Lipinski definition) is 2. The molecule has 0 radical (unpaired) electrons. The molecule has 0 atom stereocenters. The zero-order chi connectivity index (χ0) is 5.70. The summed E-state index contributed by atoms with van der Waals surface area (Å²) in [5.74, 6) is 0. The average Bonchev–Trinajstić information content (AvgIpc) is 1.61. The molecule has 0 aromatic heterocycles. The number of amides is 1. The van der Waals surface area contributed by atoms with Crippen molar-refractivity contribution >= 4 is 6.09 Å². The van der Waals surface area contributed by atoms with E-state index in [4.69, 9.17) is 5.11 Å². The summed E-state index contributed by atoms with van der Waals surface area (Å²) in [5.41, 5.74) is 0. The summed E-state index contributed by atoms with van der Waals surface area (Å²) in [4.78, 5) is 9.65. The molecule has 0 bridgehead atoms. The van der Waals surface area contributed by atoms with Gasteiger partial charge in [0.2, 0.25) is 0 Å². The van der Waals surface area contributed by atoms with Crippen molar-refractivity contribution in [1.82, 2.24) is 5.32 Å². The minimum Gasteiger partial charge on any atom is -0.465 e. The van der Waals surface area contributed by atoms with E-state index in [9.17, 15) is 4.79 Å². The summed E-state index contributed by atoms with van der Waals surface area (Å²) in [7, 11) is 0. The monoisotopic (exact) mass is 103 g/mol. The number of carboxylic acid groups (broad SMARTS) is 1. The summed E-state index contributed by atoms with van der Waals surface area (Å²) >= 11 is 0. The third kappa shape index (κ3) is 5.27. The predicted octanol–water partition coefficient (Wildman–Crippen LogP) is 0.664. The van der Waals surface area contributed by atoms with Gasteiger partial charge in [0.1, 0.15) is 0 Å². The van der Waals surface area contributed by atoms with Gasteiger partial charge < -0.3 is 10.4 Å². The Morgan fingerprint density at radius 2 is 2.43 bits per heavy atom. The first-order valence-electron chi connectivity index (χ1n) is 2.24. The molecule has 0 aromatic rings. The van der Waals surface area contributed by atoms with Crippen molar-refractivity contribution in [2.24, 2.45) is 0 Å². The molecule has 7 heavy (non-hydrogen) atoms. The van der Waals surface area contributed by atoms with Crippen molar-refractivity contribution in [2.75, 3.05) is 6.54 Å². The van der Waals surface area contributed by atoms with Gasteiger partial charge in [0.15, 0.2) is 0 Å². The molecule has 0 aliphatic rings. The lowest BCUT2D eigenvalue weighted by Gasteiger charge is -1.91. The first kappa shape index (κ1) is 6.27. The van der Waals surface area contributed by atoms with Gasteiger partial charge in [-0.3, -0.25) is 0 Å². The lowest BCUT2D eigenvalue weighted by Crippen LogP contribution is -2.20. The number of nitrogens with one attached hydrogen (secondary N) is 1. The van der Waals surface area contributed by atoms with Crippen LogP contribution in [-0.2, 0) is 0 Å². The Kier molecular flexibility index (Phi) is 3.10. The van der Waals surface area contributed by atoms with Gasteiger partial charge in [-0.2, -0.15) is 0 Å². The average molecular weight is 103 g/mol. The highest BCUT2D eigenvalue weighted by Gasteiger charge is 1.86. The van der Waals surface area contributed by atoms with Crippen molar-refractivity contribution in [3.8, 4) is 0 Å². The number of hydrogen-bond acceptors (Lipinski definition) is 1. The zero-order valence-corrected chi connectivity index (χ0v) is 4.27. The summed E-state index contributed by atoms with van der Waals surface area (Å²) in [5, 5.41) is 10.1. The molecule has 0 saturated carbocycles. The van der Waals surface area contributed by atoms with Crippen LogP contribution in [0, 0.1) is 0 Å². The second kappa shape index (κ2) is 3.46. The highest BCUT2D eigenvalue weighted by molar-refractivity contribution is 5.64. The van der Waals surface area contributed by atoms with Gasteiger partial charge in [-0.15, -0.1) is 0 Å². The Morgan fingerprint density at radius 1 is 1.86 bits per heavy atom. The lowest BCUT2D eigenvalue weighted by atomic mass is 10.5. The minimum absolute atomic E-state index is 0.551. The smallest absolute Gasteiger partial charge is 0.404 e. The molecule has 3 heteroatoms. The highest BCUT2D eigenvalue weighted by Crippen LogP contribution is 1.67. The van der Waals surface area contributed by atoms with E-state index in [1.54, 1.807) is 0 Å². The Morgan fingerprint density at radius 3 is 2.57 bits per heavy atom. The second-order valence-corrected chi connectivity index (χ2v) is 1.23. The van der Waals surface area contributed by atoms with E-state index < -0.39 is 6.09 Å². The molecule has 0 unspecified atom stereocenters. The van der Waals surface area contributed by atoms with Crippen molar-refractivity contribution in [3.63, 3.8) is 0 Å². The van der Waals surface area contributed by atoms with E-state index in [1.165, 1.54) is 0 Å². The van der Waals surface area contributed by atoms with Crippen LogP contribution in [0.1, 0.15) is 13.3 Å². The van der Waals surface area contributed by atoms with Gasteiger partial charge in [0.05, 0.1) is 0 Å². The summed E-state index contributed by atoms with van der Waals surface area (Å²) in [6.45, 7) is 2.46. The molecule has 0 fully saturated rings. The molecular formula is C4H9NO2. The summed E-state index contributed by atoms with van der Waals surface area (Å²) in [6.07, 6.45) is -0.0893. The molecule has 0 heterocycles. The van der Waals surface area contributed by atoms with Crippen LogP contribution in [0.2, 0.25) is 0 Å². The van der Waals surface area contributed by atoms with Gasteiger partial charge in [0, 0.05) is 6.54 Å². The Bertz CT molecular complexity index is 62.7. The molecule has 1 amide bonds. The van der Waals surface area contributed by atoms with Gasteiger partial charge in [-0.05, 0) is 6.42 Å². The maximum atomic E-state index is 9.65. The van der Waals surface area contributed by atoms with Crippen LogP contribution in [0.15, 0.2) is 0 Å². The van der Waals surface area contributed by atoms with Crippen LogP contribution in [0.4, 0.5) is 4.79 Å². The SMILES string of the molecule is CCCNC(=O)O. The number of rotatable bonds is 2. The van der Waals surface area contributed by atoms with Crippen molar-refractivity contribution in [3.05, 3.63) is 0 Å².